The first-order chi connectivity index (χ1) is 11.5. The summed E-state index contributed by atoms with van der Waals surface area (Å²) in [7, 11) is 3.43. The second-order valence-electron chi connectivity index (χ2n) is 5.87. The highest BCUT2D eigenvalue weighted by Gasteiger charge is 2.35. The van der Waals surface area contributed by atoms with E-state index in [4.69, 9.17) is 4.74 Å². The second kappa shape index (κ2) is 6.39. The predicted molar refractivity (Wildman–Crippen MR) is 91.3 cm³/mol. The number of rotatable bonds is 3. The summed E-state index contributed by atoms with van der Waals surface area (Å²) in [6.45, 7) is 2.76. The van der Waals surface area contributed by atoms with Crippen LogP contribution in [0.15, 0.2) is 42.6 Å². The third-order valence-corrected chi connectivity index (χ3v) is 4.46. The summed E-state index contributed by atoms with van der Waals surface area (Å²) in [6.07, 6.45) is 1.83. The predicted octanol–water partition coefficient (Wildman–Crippen LogP) is 1.91. The highest BCUT2D eigenvalue weighted by Crippen LogP contribution is 2.24. The summed E-state index contributed by atoms with van der Waals surface area (Å²) in [6, 6.07) is 10.5. The van der Waals surface area contributed by atoms with Crippen molar-refractivity contribution in [2.24, 2.45) is 7.05 Å². The van der Waals surface area contributed by atoms with Gasteiger partial charge in [0.25, 0.3) is 5.91 Å². The molecule has 126 valence electrons. The highest BCUT2D eigenvalue weighted by atomic mass is 16.5. The Labute approximate surface area is 141 Å². The zero-order chi connectivity index (χ0) is 17.3. The number of hydrogen-bond acceptors (Lipinski definition) is 3. The van der Waals surface area contributed by atoms with Crippen LogP contribution in [0.2, 0.25) is 0 Å². The van der Waals surface area contributed by atoms with Crippen LogP contribution in [0.3, 0.4) is 0 Å². The van der Waals surface area contributed by atoms with Crippen LogP contribution in [0.1, 0.15) is 17.4 Å². The Hall–Kier alpha value is -2.76. The molecule has 0 unspecified atom stereocenters. The van der Waals surface area contributed by atoms with Gasteiger partial charge in [0.2, 0.25) is 5.91 Å². The van der Waals surface area contributed by atoms with Gasteiger partial charge < -0.3 is 19.1 Å². The molecule has 1 saturated heterocycles. The van der Waals surface area contributed by atoms with Gasteiger partial charge in [0.15, 0.2) is 0 Å². The SMILES string of the molecule is COc1ccc(N2CCN(C(=O)c3cccn3C)[C@H](C)C2=O)cc1. The molecule has 1 atom stereocenters. The van der Waals surface area contributed by atoms with Crippen molar-refractivity contribution in [3.8, 4) is 5.75 Å². The molecule has 0 spiro atoms. The number of amides is 2. The van der Waals surface area contributed by atoms with Gasteiger partial charge in [-0.15, -0.1) is 0 Å². The smallest absolute Gasteiger partial charge is 0.271 e. The van der Waals surface area contributed by atoms with Crippen LogP contribution in [0, 0.1) is 0 Å². The third kappa shape index (κ3) is 2.75. The molecule has 1 aromatic heterocycles. The molecule has 2 aromatic rings. The Morgan fingerprint density at radius 1 is 1.17 bits per heavy atom. The van der Waals surface area contributed by atoms with Crippen LogP contribution >= 0.6 is 0 Å². The normalized spacial score (nSPS) is 18.0. The van der Waals surface area contributed by atoms with E-state index in [0.29, 0.717) is 18.8 Å². The lowest BCUT2D eigenvalue weighted by molar-refractivity contribution is -0.124. The molecule has 1 aliphatic heterocycles. The fourth-order valence-electron chi connectivity index (χ4n) is 3.00. The van der Waals surface area contributed by atoms with Crippen LogP contribution in [-0.2, 0) is 11.8 Å². The largest absolute Gasteiger partial charge is 0.497 e. The van der Waals surface area contributed by atoms with Gasteiger partial charge >= 0.3 is 0 Å². The maximum absolute atomic E-state index is 12.7. The Morgan fingerprint density at radius 2 is 1.88 bits per heavy atom. The van der Waals surface area contributed by atoms with Crippen LogP contribution in [-0.4, -0.2) is 47.5 Å². The van der Waals surface area contributed by atoms with Crippen LogP contribution < -0.4 is 9.64 Å². The van der Waals surface area contributed by atoms with Gasteiger partial charge in [0.1, 0.15) is 17.5 Å². The fraction of sp³-hybridized carbons (Fsp3) is 0.333. The van der Waals surface area contributed by atoms with E-state index >= 15 is 0 Å². The van der Waals surface area contributed by atoms with Gasteiger partial charge in [0, 0.05) is 32.0 Å². The molecule has 0 N–H and O–H groups in total. The Balaban J connectivity index is 1.78. The minimum absolute atomic E-state index is 0.0750. The molecule has 6 nitrogen and oxygen atoms in total. The van der Waals surface area contributed by atoms with E-state index in [1.54, 1.807) is 34.5 Å². The molecule has 2 amide bonds. The fourth-order valence-corrected chi connectivity index (χ4v) is 3.00. The first kappa shape index (κ1) is 16.1. The summed E-state index contributed by atoms with van der Waals surface area (Å²) >= 11 is 0. The van der Waals surface area contributed by atoms with Crippen LogP contribution in [0.4, 0.5) is 5.69 Å². The molecule has 0 saturated carbocycles. The number of anilines is 1. The Morgan fingerprint density at radius 3 is 2.46 bits per heavy atom. The second-order valence-corrected chi connectivity index (χ2v) is 5.87. The number of benzene rings is 1. The molecule has 1 aromatic carbocycles. The zero-order valence-electron chi connectivity index (χ0n) is 14.1. The maximum Gasteiger partial charge on any atom is 0.271 e. The van der Waals surface area contributed by atoms with Gasteiger partial charge in [-0.2, -0.15) is 0 Å². The monoisotopic (exact) mass is 327 g/mol. The molecule has 1 fully saturated rings. The standard InChI is InChI=1S/C18H21N3O3/c1-13-17(22)21(14-6-8-15(24-3)9-7-14)12-11-20(13)18(23)16-5-4-10-19(16)2/h4-10,13H,11-12H2,1-3H3/t13-/m1/s1. The summed E-state index contributed by atoms with van der Waals surface area (Å²) in [5.41, 5.74) is 1.41. The van der Waals surface area contributed by atoms with E-state index in [0.717, 1.165) is 11.4 Å². The first-order valence-electron chi connectivity index (χ1n) is 7.90. The van der Waals surface area contributed by atoms with Gasteiger partial charge in [-0.25, -0.2) is 0 Å². The quantitative estimate of drug-likeness (QED) is 0.865. The number of ether oxygens (including phenoxy) is 1. The lowest BCUT2D eigenvalue weighted by Gasteiger charge is -2.39. The average molecular weight is 327 g/mol. The summed E-state index contributed by atoms with van der Waals surface area (Å²) < 4.78 is 6.92. The first-order valence-corrected chi connectivity index (χ1v) is 7.90. The van der Waals surface area contributed by atoms with Crippen molar-refractivity contribution in [2.75, 3.05) is 25.1 Å². The molecular formula is C18H21N3O3. The van der Waals surface area contributed by atoms with E-state index in [1.807, 2.05) is 43.6 Å². The zero-order valence-corrected chi connectivity index (χ0v) is 14.1. The van der Waals surface area contributed by atoms with Crippen molar-refractivity contribution in [3.05, 3.63) is 48.3 Å². The third-order valence-electron chi connectivity index (χ3n) is 4.46. The number of methoxy groups -OCH3 is 1. The van der Waals surface area contributed by atoms with E-state index < -0.39 is 6.04 Å². The molecule has 3 rings (SSSR count). The Bertz CT molecular complexity index is 751. The minimum atomic E-state index is -0.497. The molecule has 6 heteroatoms. The van der Waals surface area contributed by atoms with Gasteiger partial charge in [-0.1, -0.05) is 0 Å². The number of nitrogens with zero attached hydrogens (tertiary/aromatic N) is 3. The average Bonchev–Trinajstić information content (AvgIpc) is 3.03. The summed E-state index contributed by atoms with van der Waals surface area (Å²) in [5, 5.41) is 0. The lowest BCUT2D eigenvalue weighted by atomic mass is 10.1. The summed E-state index contributed by atoms with van der Waals surface area (Å²) in [5.74, 6) is 0.559. The molecule has 24 heavy (non-hydrogen) atoms. The molecule has 0 aliphatic carbocycles. The van der Waals surface area contributed by atoms with Gasteiger partial charge in [0.05, 0.1) is 7.11 Å². The van der Waals surface area contributed by atoms with Crippen molar-refractivity contribution in [3.63, 3.8) is 0 Å². The molecule has 0 bridgehead atoms. The van der Waals surface area contributed by atoms with E-state index in [-0.39, 0.29) is 11.8 Å². The van der Waals surface area contributed by atoms with Crippen LogP contribution in [0.25, 0.3) is 0 Å². The number of piperazine rings is 1. The van der Waals surface area contributed by atoms with Crippen molar-refractivity contribution in [1.29, 1.82) is 0 Å². The highest BCUT2D eigenvalue weighted by molar-refractivity contribution is 6.03. The molecule has 2 heterocycles. The summed E-state index contributed by atoms with van der Waals surface area (Å²) in [4.78, 5) is 28.8. The molecular weight excluding hydrogens is 306 g/mol. The topological polar surface area (TPSA) is 54.8 Å². The van der Waals surface area contributed by atoms with Crippen molar-refractivity contribution >= 4 is 17.5 Å². The molecule has 1 aliphatic rings. The minimum Gasteiger partial charge on any atom is -0.497 e. The van der Waals surface area contributed by atoms with Gasteiger partial charge in [-0.05, 0) is 43.3 Å². The number of carbonyl (C=O) groups excluding carboxylic acids is 2. The van der Waals surface area contributed by atoms with Gasteiger partial charge in [-0.3, -0.25) is 9.59 Å². The maximum atomic E-state index is 12.7. The van der Waals surface area contributed by atoms with Crippen molar-refractivity contribution in [1.82, 2.24) is 9.47 Å². The number of aromatic nitrogens is 1. The number of aryl methyl sites for hydroxylation is 1. The van der Waals surface area contributed by atoms with Crippen LogP contribution in [0.5, 0.6) is 5.75 Å². The number of hydrogen-bond donors (Lipinski definition) is 0. The Kier molecular flexibility index (Phi) is 4.29. The van der Waals surface area contributed by atoms with E-state index in [2.05, 4.69) is 0 Å². The molecule has 0 radical (unpaired) electrons. The van der Waals surface area contributed by atoms with E-state index in [9.17, 15) is 9.59 Å². The van der Waals surface area contributed by atoms with E-state index in [1.165, 1.54) is 0 Å². The van der Waals surface area contributed by atoms with Crippen molar-refractivity contribution < 1.29 is 14.3 Å². The van der Waals surface area contributed by atoms with Crippen molar-refractivity contribution in [2.45, 2.75) is 13.0 Å². The number of carbonyl (C=O) groups is 2. The lowest BCUT2D eigenvalue weighted by Crippen LogP contribution is -2.58.